The molecule has 0 unspecified atom stereocenters. The summed E-state index contributed by atoms with van der Waals surface area (Å²) in [4.78, 5) is 6.89. The lowest BCUT2D eigenvalue weighted by atomic mass is 10.1. The van der Waals surface area contributed by atoms with Crippen LogP contribution >= 0.6 is 0 Å². The van der Waals surface area contributed by atoms with Crippen molar-refractivity contribution in [3.05, 3.63) is 48.7 Å². The molecule has 0 saturated carbocycles. The Hall–Kier alpha value is -2.53. The molecule has 24 heavy (non-hydrogen) atoms. The predicted octanol–water partition coefficient (Wildman–Crippen LogP) is 3.31. The maximum absolute atomic E-state index is 5.78. The molecule has 4 rings (SSSR count). The molecule has 1 fully saturated rings. The van der Waals surface area contributed by atoms with Crippen LogP contribution in [-0.4, -0.2) is 40.5 Å². The standard InChI is InChI=1S/C19H20N4O/c1-13-11-23(12-14(2)24-13)19-21-18(10-20-22-19)17-8-7-15-5-3-4-6-16(15)9-17/h3-10,13-14H,11-12H2,1-2H3/t13-,14+. The molecule has 5 nitrogen and oxygen atoms in total. The molecule has 1 aliphatic heterocycles. The highest BCUT2D eigenvalue weighted by Gasteiger charge is 2.24. The van der Waals surface area contributed by atoms with Gasteiger partial charge in [0.05, 0.1) is 24.1 Å². The monoisotopic (exact) mass is 320 g/mol. The number of benzene rings is 2. The van der Waals surface area contributed by atoms with E-state index in [0.29, 0.717) is 5.95 Å². The topological polar surface area (TPSA) is 51.1 Å². The molecule has 1 saturated heterocycles. The third-order valence-electron chi connectivity index (χ3n) is 4.30. The van der Waals surface area contributed by atoms with Gasteiger partial charge in [-0.15, -0.1) is 5.10 Å². The van der Waals surface area contributed by atoms with Crippen LogP contribution in [0.25, 0.3) is 22.0 Å². The Kier molecular flexibility index (Phi) is 3.86. The second-order valence-corrected chi connectivity index (χ2v) is 6.37. The Morgan fingerprint density at radius 3 is 2.54 bits per heavy atom. The summed E-state index contributed by atoms with van der Waals surface area (Å²) in [6.07, 6.45) is 2.06. The minimum Gasteiger partial charge on any atom is -0.372 e. The first-order chi connectivity index (χ1) is 11.7. The van der Waals surface area contributed by atoms with Gasteiger partial charge in [-0.05, 0) is 30.7 Å². The minimum atomic E-state index is 0.168. The molecule has 0 bridgehead atoms. The van der Waals surface area contributed by atoms with E-state index in [1.807, 2.05) is 12.1 Å². The smallest absolute Gasteiger partial charge is 0.246 e. The molecular formula is C19H20N4O. The first kappa shape index (κ1) is 15.0. The van der Waals surface area contributed by atoms with Gasteiger partial charge < -0.3 is 9.64 Å². The summed E-state index contributed by atoms with van der Waals surface area (Å²) in [7, 11) is 0. The second-order valence-electron chi connectivity index (χ2n) is 6.37. The molecule has 0 amide bonds. The lowest BCUT2D eigenvalue weighted by Crippen LogP contribution is -2.46. The Labute approximate surface area is 141 Å². The van der Waals surface area contributed by atoms with Crippen molar-refractivity contribution < 1.29 is 4.74 Å². The van der Waals surface area contributed by atoms with Crippen molar-refractivity contribution in [2.24, 2.45) is 0 Å². The van der Waals surface area contributed by atoms with Gasteiger partial charge in [-0.2, -0.15) is 5.10 Å². The van der Waals surface area contributed by atoms with Crippen molar-refractivity contribution in [1.82, 2.24) is 15.2 Å². The summed E-state index contributed by atoms with van der Waals surface area (Å²) < 4.78 is 5.78. The summed E-state index contributed by atoms with van der Waals surface area (Å²) >= 11 is 0. The lowest BCUT2D eigenvalue weighted by molar-refractivity contribution is -0.00576. The number of morpholine rings is 1. The van der Waals surface area contributed by atoms with Crippen LogP contribution in [0.2, 0.25) is 0 Å². The van der Waals surface area contributed by atoms with Crippen molar-refractivity contribution in [2.45, 2.75) is 26.1 Å². The zero-order chi connectivity index (χ0) is 16.5. The summed E-state index contributed by atoms with van der Waals surface area (Å²) in [5.41, 5.74) is 1.90. The van der Waals surface area contributed by atoms with Gasteiger partial charge in [-0.3, -0.25) is 0 Å². The maximum atomic E-state index is 5.78. The van der Waals surface area contributed by atoms with E-state index in [-0.39, 0.29) is 12.2 Å². The molecule has 1 aliphatic rings. The average molecular weight is 320 g/mol. The van der Waals surface area contributed by atoms with E-state index in [4.69, 9.17) is 9.72 Å². The van der Waals surface area contributed by atoms with Crippen molar-refractivity contribution in [3.8, 4) is 11.3 Å². The number of fused-ring (bicyclic) bond motifs is 1. The molecular weight excluding hydrogens is 300 g/mol. The van der Waals surface area contributed by atoms with Crippen LogP contribution in [0.5, 0.6) is 0 Å². The predicted molar refractivity (Wildman–Crippen MR) is 95.0 cm³/mol. The summed E-state index contributed by atoms with van der Waals surface area (Å²) in [5.74, 6) is 0.669. The third-order valence-corrected chi connectivity index (χ3v) is 4.30. The van der Waals surface area contributed by atoms with Crippen molar-refractivity contribution in [1.29, 1.82) is 0 Å². The van der Waals surface area contributed by atoms with E-state index in [2.05, 4.69) is 59.3 Å². The molecule has 0 radical (unpaired) electrons. The molecule has 2 aromatic carbocycles. The molecule has 5 heteroatoms. The van der Waals surface area contributed by atoms with Gasteiger partial charge in [0.25, 0.3) is 0 Å². The van der Waals surface area contributed by atoms with Gasteiger partial charge in [-0.1, -0.05) is 36.4 Å². The molecule has 2 atom stereocenters. The molecule has 0 N–H and O–H groups in total. The number of hydrogen-bond donors (Lipinski definition) is 0. The third kappa shape index (κ3) is 2.95. The van der Waals surface area contributed by atoms with Crippen LogP contribution in [0.3, 0.4) is 0 Å². The van der Waals surface area contributed by atoms with Crippen molar-refractivity contribution in [3.63, 3.8) is 0 Å². The number of aromatic nitrogens is 3. The Morgan fingerprint density at radius 2 is 1.75 bits per heavy atom. The fourth-order valence-corrected chi connectivity index (χ4v) is 3.26. The van der Waals surface area contributed by atoms with Gasteiger partial charge in [0.15, 0.2) is 0 Å². The second kappa shape index (κ2) is 6.17. The number of ether oxygens (including phenoxy) is 1. The van der Waals surface area contributed by atoms with Crippen LogP contribution in [0.4, 0.5) is 5.95 Å². The summed E-state index contributed by atoms with van der Waals surface area (Å²) in [6, 6.07) is 14.7. The molecule has 0 aliphatic carbocycles. The van der Waals surface area contributed by atoms with Gasteiger partial charge in [0.1, 0.15) is 0 Å². The molecule has 3 aromatic rings. The summed E-state index contributed by atoms with van der Waals surface area (Å²) in [5, 5.41) is 10.8. The van der Waals surface area contributed by atoms with Crippen LogP contribution < -0.4 is 4.90 Å². The van der Waals surface area contributed by atoms with E-state index < -0.39 is 0 Å². The highest BCUT2D eigenvalue weighted by atomic mass is 16.5. The first-order valence-electron chi connectivity index (χ1n) is 8.28. The van der Waals surface area contributed by atoms with E-state index in [1.54, 1.807) is 6.20 Å². The van der Waals surface area contributed by atoms with E-state index in [1.165, 1.54) is 10.8 Å². The van der Waals surface area contributed by atoms with E-state index >= 15 is 0 Å². The normalized spacial score (nSPS) is 21.2. The Morgan fingerprint density at radius 1 is 1.00 bits per heavy atom. The lowest BCUT2D eigenvalue weighted by Gasteiger charge is -2.35. The van der Waals surface area contributed by atoms with Crippen LogP contribution in [0.15, 0.2) is 48.7 Å². The largest absolute Gasteiger partial charge is 0.372 e. The number of nitrogens with zero attached hydrogens (tertiary/aromatic N) is 4. The molecule has 1 aromatic heterocycles. The van der Waals surface area contributed by atoms with Crippen LogP contribution in [0.1, 0.15) is 13.8 Å². The van der Waals surface area contributed by atoms with Gasteiger partial charge >= 0.3 is 0 Å². The molecule has 122 valence electrons. The first-order valence-corrected chi connectivity index (χ1v) is 8.28. The van der Waals surface area contributed by atoms with Gasteiger partial charge in [0.2, 0.25) is 5.95 Å². The van der Waals surface area contributed by atoms with Crippen LogP contribution in [-0.2, 0) is 4.74 Å². The SMILES string of the molecule is C[C@@H]1CN(c2nncc(-c3ccc4ccccc4c3)n2)C[C@H](C)O1. The Balaban J connectivity index is 1.68. The van der Waals surface area contributed by atoms with Crippen LogP contribution in [0, 0.1) is 0 Å². The van der Waals surface area contributed by atoms with E-state index in [0.717, 1.165) is 24.3 Å². The van der Waals surface area contributed by atoms with E-state index in [9.17, 15) is 0 Å². The van der Waals surface area contributed by atoms with Crippen molar-refractivity contribution >= 4 is 16.7 Å². The van der Waals surface area contributed by atoms with Gasteiger partial charge in [-0.25, -0.2) is 4.98 Å². The average Bonchev–Trinajstić information content (AvgIpc) is 2.60. The van der Waals surface area contributed by atoms with Gasteiger partial charge in [0, 0.05) is 18.7 Å². The van der Waals surface area contributed by atoms with Crippen molar-refractivity contribution in [2.75, 3.05) is 18.0 Å². The molecule has 0 spiro atoms. The fourth-order valence-electron chi connectivity index (χ4n) is 3.26. The highest BCUT2D eigenvalue weighted by Crippen LogP contribution is 2.24. The quantitative estimate of drug-likeness (QED) is 0.725. The zero-order valence-corrected chi connectivity index (χ0v) is 13.9. The zero-order valence-electron chi connectivity index (χ0n) is 13.9. The maximum Gasteiger partial charge on any atom is 0.246 e. The molecule has 2 heterocycles. The fraction of sp³-hybridized carbons (Fsp3) is 0.316. The highest BCUT2D eigenvalue weighted by molar-refractivity contribution is 5.86. The Bertz CT molecular complexity index is 857. The summed E-state index contributed by atoms with van der Waals surface area (Å²) in [6.45, 7) is 5.72. The minimum absolute atomic E-state index is 0.168. The number of anilines is 1. The number of hydrogen-bond acceptors (Lipinski definition) is 5. The number of rotatable bonds is 2.